The molecular formula is C20H24O3. The summed E-state index contributed by atoms with van der Waals surface area (Å²) in [4.78, 5) is 12.2. The van der Waals surface area contributed by atoms with Gasteiger partial charge in [-0.25, -0.2) is 4.79 Å². The standard InChI is InChI=1S/C20H24O3/c1-4-19(20(21)23-13-17-8-6-5-7-9-17)22-14-18-11-10-15(2)12-16(18)3/h5-12,19H,4,13-14H2,1-3H3. The summed E-state index contributed by atoms with van der Waals surface area (Å²) in [5.74, 6) is -0.305. The Labute approximate surface area is 138 Å². The fourth-order valence-electron chi connectivity index (χ4n) is 2.37. The molecule has 122 valence electrons. The molecule has 0 spiro atoms. The van der Waals surface area contributed by atoms with E-state index in [9.17, 15) is 4.79 Å². The lowest BCUT2D eigenvalue weighted by atomic mass is 10.1. The van der Waals surface area contributed by atoms with Crippen LogP contribution in [0.5, 0.6) is 0 Å². The number of esters is 1. The smallest absolute Gasteiger partial charge is 0.335 e. The Morgan fingerprint density at radius 3 is 2.43 bits per heavy atom. The van der Waals surface area contributed by atoms with Crippen molar-refractivity contribution < 1.29 is 14.3 Å². The van der Waals surface area contributed by atoms with E-state index in [0.717, 1.165) is 11.1 Å². The van der Waals surface area contributed by atoms with Crippen molar-refractivity contribution >= 4 is 5.97 Å². The zero-order chi connectivity index (χ0) is 16.7. The number of aryl methyl sites for hydroxylation is 2. The Balaban J connectivity index is 1.87. The molecule has 3 nitrogen and oxygen atoms in total. The first-order valence-electron chi connectivity index (χ1n) is 7.98. The SMILES string of the molecule is CCC(OCc1ccc(C)cc1C)C(=O)OCc1ccccc1. The molecule has 0 saturated heterocycles. The maximum absolute atomic E-state index is 12.2. The van der Waals surface area contributed by atoms with Crippen molar-refractivity contribution in [2.24, 2.45) is 0 Å². The molecular weight excluding hydrogens is 288 g/mol. The third-order valence-corrected chi connectivity index (χ3v) is 3.80. The highest BCUT2D eigenvalue weighted by molar-refractivity contribution is 5.74. The molecule has 0 saturated carbocycles. The Bertz CT molecular complexity index is 635. The average molecular weight is 312 g/mol. The highest BCUT2D eigenvalue weighted by atomic mass is 16.6. The molecule has 0 N–H and O–H groups in total. The number of hydrogen-bond donors (Lipinski definition) is 0. The molecule has 0 aliphatic rings. The summed E-state index contributed by atoms with van der Waals surface area (Å²) >= 11 is 0. The summed E-state index contributed by atoms with van der Waals surface area (Å²) in [7, 11) is 0. The molecule has 0 aliphatic carbocycles. The van der Waals surface area contributed by atoms with Crippen molar-refractivity contribution in [2.45, 2.75) is 46.5 Å². The third kappa shape index (κ3) is 5.22. The van der Waals surface area contributed by atoms with Gasteiger partial charge in [0.1, 0.15) is 6.61 Å². The largest absolute Gasteiger partial charge is 0.459 e. The molecule has 2 aromatic rings. The van der Waals surface area contributed by atoms with E-state index in [1.807, 2.05) is 43.3 Å². The van der Waals surface area contributed by atoms with Crippen molar-refractivity contribution in [2.75, 3.05) is 0 Å². The van der Waals surface area contributed by atoms with Gasteiger partial charge < -0.3 is 9.47 Å². The Morgan fingerprint density at radius 1 is 1.04 bits per heavy atom. The molecule has 2 aromatic carbocycles. The quantitative estimate of drug-likeness (QED) is 0.713. The molecule has 0 radical (unpaired) electrons. The second-order valence-electron chi connectivity index (χ2n) is 5.73. The van der Waals surface area contributed by atoms with Gasteiger partial charge in [-0.1, -0.05) is 61.0 Å². The number of carbonyl (C=O) groups is 1. The number of carbonyl (C=O) groups excluding carboxylic acids is 1. The molecule has 1 atom stereocenters. The Kier molecular flexibility index (Phi) is 6.36. The van der Waals surface area contributed by atoms with Crippen LogP contribution in [0, 0.1) is 13.8 Å². The van der Waals surface area contributed by atoms with Gasteiger partial charge in [-0.2, -0.15) is 0 Å². The fourth-order valence-corrected chi connectivity index (χ4v) is 2.37. The Hall–Kier alpha value is -2.13. The van der Waals surface area contributed by atoms with Gasteiger partial charge in [0.25, 0.3) is 0 Å². The maximum atomic E-state index is 12.2. The van der Waals surface area contributed by atoms with E-state index >= 15 is 0 Å². The highest BCUT2D eigenvalue weighted by Crippen LogP contribution is 2.14. The van der Waals surface area contributed by atoms with Crippen molar-refractivity contribution in [1.29, 1.82) is 0 Å². The zero-order valence-electron chi connectivity index (χ0n) is 14.0. The number of rotatable bonds is 7. The van der Waals surface area contributed by atoms with Gasteiger partial charge in [-0.05, 0) is 37.0 Å². The van der Waals surface area contributed by atoms with Crippen LogP contribution in [0.3, 0.4) is 0 Å². The van der Waals surface area contributed by atoms with Gasteiger partial charge in [-0.3, -0.25) is 0 Å². The molecule has 2 rings (SSSR count). The fraction of sp³-hybridized carbons (Fsp3) is 0.350. The van der Waals surface area contributed by atoms with E-state index in [2.05, 4.69) is 26.0 Å². The van der Waals surface area contributed by atoms with Gasteiger partial charge in [0.15, 0.2) is 6.10 Å². The molecule has 0 fully saturated rings. The van der Waals surface area contributed by atoms with E-state index in [-0.39, 0.29) is 12.6 Å². The minimum Gasteiger partial charge on any atom is -0.459 e. The monoisotopic (exact) mass is 312 g/mol. The van der Waals surface area contributed by atoms with Crippen LogP contribution in [-0.2, 0) is 27.5 Å². The lowest BCUT2D eigenvalue weighted by Crippen LogP contribution is -2.25. The van der Waals surface area contributed by atoms with Crippen LogP contribution >= 0.6 is 0 Å². The number of benzene rings is 2. The lowest BCUT2D eigenvalue weighted by molar-refractivity contribution is -0.159. The summed E-state index contributed by atoms with van der Waals surface area (Å²) in [5, 5.41) is 0. The molecule has 3 heteroatoms. The summed E-state index contributed by atoms with van der Waals surface area (Å²) in [6, 6.07) is 15.9. The van der Waals surface area contributed by atoms with Gasteiger partial charge in [0, 0.05) is 0 Å². The summed E-state index contributed by atoms with van der Waals surface area (Å²) in [5.41, 5.74) is 4.48. The normalized spacial score (nSPS) is 12.0. The number of hydrogen-bond acceptors (Lipinski definition) is 3. The van der Waals surface area contributed by atoms with Crippen molar-refractivity contribution in [3.63, 3.8) is 0 Å². The highest BCUT2D eigenvalue weighted by Gasteiger charge is 2.19. The minimum absolute atomic E-state index is 0.281. The lowest BCUT2D eigenvalue weighted by Gasteiger charge is -2.16. The van der Waals surface area contributed by atoms with Crippen molar-refractivity contribution in [1.82, 2.24) is 0 Å². The zero-order valence-corrected chi connectivity index (χ0v) is 14.0. The van der Waals surface area contributed by atoms with Crippen LogP contribution in [0.15, 0.2) is 48.5 Å². The van der Waals surface area contributed by atoms with Gasteiger partial charge in [0.2, 0.25) is 0 Å². The molecule has 0 amide bonds. The van der Waals surface area contributed by atoms with E-state index in [4.69, 9.17) is 9.47 Å². The van der Waals surface area contributed by atoms with Crippen LogP contribution in [0.25, 0.3) is 0 Å². The predicted octanol–water partition coefficient (Wildman–Crippen LogP) is 4.34. The van der Waals surface area contributed by atoms with Gasteiger partial charge in [-0.15, -0.1) is 0 Å². The minimum atomic E-state index is -0.528. The molecule has 0 heterocycles. The van der Waals surface area contributed by atoms with Crippen LogP contribution in [0.2, 0.25) is 0 Å². The van der Waals surface area contributed by atoms with Gasteiger partial charge >= 0.3 is 5.97 Å². The van der Waals surface area contributed by atoms with Crippen molar-refractivity contribution in [3.05, 3.63) is 70.8 Å². The van der Waals surface area contributed by atoms with E-state index < -0.39 is 6.10 Å². The third-order valence-electron chi connectivity index (χ3n) is 3.80. The van der Waals surface area contributed by atoms with Crippen molar-refractivity contribution in [3.8, 4) is 0 Å². The summed E-state index contributed by atoms with van der Waals surface area (Å²) in [6.07, 6.45) is 0.0674. The van der Waals surface area contributed by atoms with Gasteiger partial charge in [0.05, 0.1) is 6.61 Å². The summed E-state index contributed by atoms with van der Waals surface area (Å²) in [6.45, 7) is 6.75. The van der Waals surface area contributed by atoms with Crippen LogP contribution in [0.1, 0.15) is 35.6 Å². The molecule has 0 aliphatic heterocycles. The van der Waals surface area contributed by atoms with Crippen LogP contribution in [0.4, 0.5) is 0 Å². The molecule has 23 heavy (non-hydrogen) atoms. The first kappa shape index (κ1) is 17.2. The van der Waals surface area contributed by atoms with E-state index in [1.54, 1.807) is 0 Å². The second kappa shape index (κ2) is 8.49. The number of ether oxygens (including phenoxy) is 2. The van der Waals surface area contributed by atoms with E-state index in [0.29, 0.717) is 13.0 Å². The first-order chi connectivity index (χ1) is 11.1. The molecule has 0 bridgehead atoms. The molecule has 0 aromatic heterocycles. The van der Waals surface area contributed by atoms with Crippen LogP contribution in [-0.4, -0.2) is 12.1 Å². The first-order valence-corrected chi connectivity index (χ1v) is 7.98. The topological polar surface area (TPSA) is 35.5 Å². The van der Waals surface area contributed by atoms with Crippen LogP contribution < -0.4 is 0 Å². The Morgan fingerprint density at radius 2 is 1.78 bits per heavy atom. The predicted molar refractivity (Wildman–Crippen MR) is 91.0 cm³/mol. The average Bonchev–Trinajstić information content (AvgIpc) is 2.56. The second-order valence-corrected chi connectivity index (χ2v) is 5.73. The summed E-state index contributed by atoms with van der Waals surface area (Å²) < 4.78 is 11.1. The molecule has 1 unspecified atom stereocenters. The maximum Gasteiger partial charge on any atom is 0.335 e. The van der Waals surface area contributed by atoms with E-state index in [1.165, 1.54) is 11.1 Å².